The summed E-state index contributed by atoms with van der Waals surface area (Å²) in [6.07, 6.45) is 5.80. The van der Waals surface area contributed by atoms with Gasteiger partial charge in [0.05, 0.1) is 6.61 Å². The topological polar surface area (TPSA) is 47.6 Å². The van der Waals surface area contributed by atoms with Gasteiger partial charge in [0, 0.05) is 12.3 Å². The molecule has 0 bridgehead atoms. The van der Waals surface area contributed by atoms with E-state index in [2.05, 4.69) is 26.1 Å². The Kier molecular flexibility index (Phi) is 9.46. The van der Waals surface area contributed by atoms with Crippen LogP contribution in [0.3, 0.4) is 0 Å². The maximum atomic E-state index is 12.7. The van der Waals surface area contributed by atoms with Crippen molar-refractivity contribution in [3.8, 4) is 5.75 Å². The molecule has 1 rings (SSSR count). The number of benzene rings is 1. The Morgan fingerprint density at radius 1 is 1.00 bits per heavy atom. The van der Waals surface area contributed by atoms with Crippen LogP contribution in [0.5, 0.6) is 5.75 Å². The van der Waals surface area contributed by atoms with Crippen molar-refractivity contribution in [1.82, 2.24) is 0 Å². The Labute approximate surface area is 146 Å². The number of rotatable bonds is 12. The third-order valence-electron chi connectivity index (χ3n) is 3.99. The summed E-state index contributed by atoms with van der Waals surface area (Å²) in [5.74, 6) is 0.751. The molecule has 0 aliphatic carbocycles. The summed E-state index contributed by atoms with van der Waals surface area (Å²) < 4.78 is 11.5. The number of carbonyl (C=O) groups excluding carboxylic acids is 1. The monoisotopic (exact) mass is 335 g/mol. The van der Waals surface area contributed by atoms with Crippen LogP contribution in [0.4, 0.5) is 5.69 Å². The van der Waals surface area contributed by atoms with E-state index in [9.17, 15) is 4.79 Å². The highest BCUT2D eigenvalue weighted by molar-refractivity contribution is 5.97. The normalized spacial score (nSPS) is 13.3. The quantitative estimate of drug-likeness (QED) is 0.535. The number of ether oxygens (including phenoxy) is 2. The second kappa shape index (κ2) is 11.1. The van der Waals surface area contributed by atoms with E-state index in [0.717, 1.165) is 56.6 Å². The molecule has 4 nitrogen and oxygen atoms in total. The van der Waals surface area contributed by atoms with Gasteiger partial charge in [0.15, 0.2) is 0 Å². The molecule has 1 N–H and O–H groups in total. The van der Waals surface area contributed by atoms with Crippen molar-refractivity contribution >= 4 is 11.6 Å². The van der Waals surface area contributed by atoms with E-state index in [1.807, 2.05) is 31.2 Å². The number of nitrogens with one attached hydrogen (secondary N) is 1. The largest absolute Gasteiger partial charge is 0.494 e. The summed E-state index contributed by atoms with van der Waals surface area (Å²) >= 11 is 0. The maximum absolute atomic E-state index is 12.7. The van der Waals surface area contributed by atoms with Gasteiger partial charge in [-0.25, -0.2) is 0 Å². The zero-order valence-corrected chi connectivity index (χ0v) is 15.7. The third-order valence-corrected chi connectivity index (χ3v) is 3.99. The SMILES string of the molecule is CCCCOc1ccc(NC(=O)[C@@](C)(CCCC)OCCC)cc1. The molecule has 0 heterocycles. The van der Waals surface area contributed by atoms with Gasteiger partial charge in [0.25, 0.3) is 5.91 Å². The minimum absolute atomic E-state index is 0.0796. The molecular weight excluding hydrogens is 302 g/mol. The molecule has 0 saturated carbocycles. The van der Waals surface area contributed by atoms with E-state index in [4.69, 9.17) is 9.47 Å². The first-order valence-corrected chi connectivity index (χ1v) is 9.24. The van der Waals surface area contributed by atoms with Gasteiger partial charge in [-0.3, -0.25) is 4.79 Å². The Hall–Kier alpha value is -1.55. The Balaban J connectivity index is 2.65. The molecule has 1 amide bonds. The van der Waals surface area contributed by atoms with Crippen LogP contribution in [-0.2, 0) is 9.53 Å². The summed E-state index contributed by atoms with van der Waals surface area (Å²) in [5, 5.41) is 2.98. The molecule has 0 unspecified atom stereocenters. The number of amides is 1. The van der Waals surface area contributed by atoms with E-state index >= 15 is 0 Å². The average Bonchev–Trinajstić information content (AvgIpc) is 2.60. The second-order valence-corrected chi connectivity index (χ2v) is 6.36. The second-order valence-electron chi connectivity index (χ2n) is 6.36. The van der Waals surface area contributed by atoms with Crippen LogP contribution < -0.4 is 10.1 Å². The van der Waals surface area contributed by atoms with Gasteiger partial charge in [0.2, 0.25) is 0 Å². The molecule has 0 aromatic heterocycles. The van der Waals surface area contributed by atoms with Crippen molar-refractivity contribution in [3.05, 3.63) is 24.3 Å². The van der Waals surface area contributed by atoms with E-state index < -0.39 is 5.60 Å². The van der Waals surface area contributed by atoms with Crippen LogP contribution in [0.1, 0.15) is 66.2 Å². The molecule has 0 fully saturated rings. The Morgan fingerprint density at radius 2 is 1.67 bits per heavy atom. The van der Waals surface area contributed by atoms with Gasteiger partial charge in [-0.2, -0.15) is 0 Å². The number of anilines is 1. The molecule has 0 aliphatic heterocycles. The summed E-state index contributed by atoms with van der Waals surface area (Å²) in [6.45, 7) is 9.51. The van der Waals surface area contributed by atoms with E-state index in [0.29, 0.717) is 6.61 Å². The highest BCUT2D eigenvalue weighted by atomic mass is 16.5. The third kappa shape index (κ3) is 6.91. The van der Waals surface area contributed by atoms with Crippen LogP contribution in [0.2, 0.25) is 0 Å². The summed E-state index contributed by atoms with van der Waals surface area (Å²) in [7, 11) is 0. The van der Waals surface area contributed by atoms with Crippen LogP contribution in [0.15, 0.2) is 24.3 Å². The van der Waals surface area contributed by atoms with Crippen molar-refractivity contribution in [2.75, 3.05) is 18.5 Å². The summed E-state index contributed by atoms with van der Waals surface area (Å²) in [5.41, 5.74) is -0.00635. The fourth-order valence-electron chi connectivity index (χ4n) is 2.32. The maximum Gasteiger partial charge on any atom is 0.256 e. The molecule has 0 aliphatic rings. The van der Waals surface area contributed by atoms with Crippen molar-refractivity contribution in [1.29, 1.82) is 0 Å². The zero-order valence-electron chi connectivity index (χ0n) is 15.7. The van der Waals surface area contributed by atoms with Crippen molar-refractivity contribution in [3.63, 3.8) is 0 Å². The number of hydrogen-bond donors (Lipinski definition) is 1. The van der Waals surface area contributed by atoms with Crippen LogP contribution in [-0.4, -0.2) is 24.7 Å². The molecule has 1 atom stereocenters. The molecule has 1 aromatic rings. The van der Waals surface area contributed by atoms with E-state index in [-0.39, 0.29) is 5.91 Å². The number of carbonyl (C=O) groups is 1. The van der Waals surface area contributed by atoms with E-state index in [1.54, 1.807) is 0 Å². The lowest BCUT2D eigenvalue weighted by Gasteiger charge is -2.28. The van der Waals surface area contributed by atoms with Crippen LogP contribution in [0, 0.1) is 0 Å². The lowest BCUT2D eigenvalue weighted by atomic mass is 9.97. The van der Waals surface area contributed by atoms with E-state index in [1.165, 1.54) is 0 Å². The van der Waals surface area contributed by atoms with Gasteiger partial charge in [-0.05, 0) is 50.5 Å². The molecule has 4 heteroatoms. The lowest BCUT2D eigenvalue weighted by molar-refractivity contribution is -0.140. The molecule has 136 valence electrons. The van der Waals surface area contributed by atoms with Crippen LogP contribution >= 0.6 is 0 Å². The Bertz CT molecular complexity index is 462. The average molecular weight is 335 g/mol. The molecule has 0 radical (unpaired) electrons. The first-order valence-electron chi connectivity index (χ1n) is 9.24. The highest BCUT2D eigenvalue weighted by Crippen LogP contribution is 2.23. The smallest absolute Gasteiger partial charge is 0.256 e. The van der Waals surface area contributed by atoms with Crippen LogP contribution in [0.25, 0.3) is 0 Å². The van der Waals surface area contributed by atoms with Gasteiger partial charge in [-0.1, -0.05) is 40.0 Å². The van der Waals surface area contributed by atoms with Gasteiger partial charge in [0.1, 0.15) is 11.4 Å². The standard InChI is InChI=1S/C20H33NO3/c1-5-8-14-20(4,24-15-7-3)19(22)21-17-10-12-18(13-11-17)23-16-9-6-2/h10-13H,5-9,14-16H2,1-4H3,(H,21,22)/t20-/m1/s1. The molecule has 1 aromatic carbocycles. The fraction of sp³-hybridized carbons (Fsp3) is 0.650. The van der Waals surface area contributed by atoms with Gasteiger partial charge < -0.3 is 14.8 Å². The van der Waals surface area contributed by atoms with Crippen molar-refractivity contribution in [2.24, 2.45) is 0 Å². The number of hydrogen-bond acceptors (Lipinski definition) is 3. The number of unbranched alkanes of at least 4 members (excludes halogenated alkanes) is 2. The summed E-state index contributed by atoms with van der Waals surface area (Å²) in [6, 6.07) is 7.53. The van der Waals surface area contributed by atoms with Gasteiger partial charge >= 0.3 is 0 Å². The van der Waals surface area contributed by atoms with Crippen molar-refractivity contribution in [2.45, 2.75) is 71.8 Å². The highest BCUT2D eigenvalue weighted by Gasteiger charge is 2.33. The minimum Gasteiger partial charge on any atom is -0.494 e. The lowest BCUT2D eigenvalue weighted by Crippen LogP contribution is -2.43. The molecular formula is C20H33NO3. The first kappa shape index (κ1) is 20.5. The molecule has 24 heavy (non-hydrogen) atoms. The fourth-order valence-corrected chi connectivity index (χ4v) is 2.32. The first-order chi connectivity index (χ1) is 11.6. The predicted octanol–water partition coefficient (Wildman–Crippen LogP) is 5.18. The molecule has 0 saturated heterocycles. The summed E-state index contributed by atoms with van der Waals surface area (Å²) in [4.78, 5) is 12.7. The molecule has 0 spiro atoms. The minimum atomic E-state index is -0.775. The predicted molar refractivity (Wildman–Crippen MR) is 99.6 cm³/mol. The Morgan fingerprint density at radius 3 is 2.25 bits per heavy atom. The van der Waals surface area contributed by atoms with Gasteiger partial charge in [-0.15, -0.1) is 0 Å². The zero-order chi connectivity index (χ0) is 17.8. The van der Waals surface area contributed by atoms with Crippen molar-refractivity contribution < 1.29 is 14.3 Å².